The van der Waals surface area contributed by atoms with E-state index in [1.807, 2.05) is 0 Å². The van der Waals surface area contributed by atoms with E-state index in [2.05, 4.69) is 73.3 Å². The fourth-order valence-electron chi connectivity index (χ4n) is 3.93. The third-order valence-corrected chi connectivity index (χ3v) is 4.87. The van der Waals surface area contributed by atoms with Crippen molar-refractivity contribution in [2.24, 2.45) is 5.73 Å². The Balaban J connectivity index is 2.21. The Hall–Kier alpha value is -3.06. The first-order valence-corrected chi connectivity index (χ1v) is 7.78. The summed E-state index contributed by atoms with van der Waals surface area (Å²) in [5.74, 6) is 0. The summed E-state index contributed by atoms with van der Waals surface area (Å²) in [4.78, 5) is 0. The van der Waals surface area contributed by atoms with Crippen molar-refractivity contribution in [2.45, 2.75) is 0 Å². The molecule has 0 aromatic heterocycles. The van der Waals surface area contributed by atoms with Gasteiger partial charge in [0, 0.05) is 11.3 Å². The predicted molar refractivity (Wildman–Crippen MR) is 101 cm³/mol. The molecule has 0 saturated heterocycles. The van der Waals surface area contributed by atoms with Gasteiger partial charge in [-0.3, -0.25) is 0 Å². The van der Waals surface area contributed by atoms with E-state index in [0.717, 1.165) is 5.56 Å². The van der Waals surface area contributed by atoms with Gasteiger partial charge in [-0.2, -0.15) is 0 Å². The Morgan fingerprint density at radius 3 is 1.78 bits per heavy atom. The van der Waals surface area contributed by atoms with Crippen LogP contribution in [0.25, 0.3) is 48.8 Å². The molecule has 0 atom stereocenters. The number of benzene rings is 5. The molecule has 5 aromatic carbocycles. The van der Waals surface area contributed by atoms with Gasteiger partial charge in [-0.25, -0.2) is 0 Å². The van der Waals surface area contributed by atoms with Crippen molar-refractivity contribution in [1.29, 1.82) is 0 Å². The second-order valence-electron chi connectivity index (χ2n) is 6.12. The largest absolute Gasteiger partial charge is 0.399 e. The van der Waals surface area contributed by atoms with Gasteiger partial charge in [-0.05, 0) is 43.1 Å². The van der Waals surface area contributed by atoms with Crippen molar-refractivity contribution < 1.29 is 0 Å². The van der Waals surface area contributed by atoms with Crippen molar-refractivity contribution in [3.8, 4) is 0 Å². The molecule has 0 fully saturated rings. The molecule has 0 bridgehead atoms. The minimum Gasteiger partial charge on any atom is -0.399 e. The van der Waals surface area contributed by atoms with E-state index in [4.69, 9.17) is 5.73 Å². The summed E-state index contributed by atoms with van der Waals surface area (Å²) >= 11 is 0. The summed E-state index contributed by atoms with van der Waals surface area (Å²) in [6.45, 7) is 3.94. The molecule has 0 aliphatic heterocycles. The first kappa shape index (κ1) is 12.5. The van der Waals surface area contributed by atoms with E-state index in [0.29, 0.717) is 5.70 Å². The summed E-state index contributed by atoms with van der Waals surface area (Å²) in [6, 6.07) is 23.8. The highest BCUT2D eigenvalue weighted by Gasteiger charge is 2.14. The molecule has 5 rings (SSSR count). The number of fused-ring (bicyclic) bond motifs is 2. The summed E-state index contributed by atoms with van der Waals surface area (Å²) in [7, 11) is 0. The van der Waals surface area contributed by atoms with E-state index >= 15 is 0 Å². The van der Waals surface area contributed by atoms with Gasteiger partial charge >= 0.3 is 0 Å². The molecule has 5 aromatic rings. The first-order chi connectivity index (χ1) is 11.3. The first-order valence-electron chi connectivity index (χ1n) is 7.78. The molecule has 23 heavy (non-hydrogen) atoms. The van der Waals surface area contributed by atoms with E-state index < -0.39 is 0 Å². The Morgan fingerprint density at radius 2 is 1.13 bits per heavy atom. The van der Waals surface area contributed by atoms with Crippen LogP contribution in [0.3, 0.4) is 0 Å². The molecule has 0 spiro atoms. The zero-order chi connectivity index (χ0) is 15.6. The standard InChI is InChI=1S/C22H15N/c1-13(23)15-11-12-20-18-8-3-6-14-5-2-7-17(21(14)18)19-10-4-9-16(15)22(19)20/h2-12H,1,23H2. The minimum atomic E-state index is 0.616. The van der Waals surface area contributed by atoms with E-state index in [1.165, 1.54) is 43.1 Å². The summed E-state index contributed by atoms with van der Waals surface area (Å²) in [5, 5.41) is 10.3. The topological polar surface area (TPSA) is 26.0 Å². The highest BCUT2D eigenvalue weighted by atomic mass is 14.6. The average Bonchev–Trinajstić information content (AvgIpc) is 2.58. The summed E-state index contributed by atoms with van der Waals surface area (Å²) in [6.07, 6.45) is 0. The third kappa shape index (κ3) is 1.51. The zero-order valence-electron chi connectivity index (χ0n) is 12.6. The molecule has 0 saturated carbocycles. The van der Waals surface area contributed by atoms with Crippen molar-refractivity contribution in [1.82, 2.24) is 0 Å². The summed E-state index contributed by atoms with van der Waals surface area (Å²) < 4.78 is 0. The van der Waals surface area contributed by atoms with Crippen LogP contribution in [0.15, 0.2) is 73.3 Å². The SMILES string of the molecule is C=C(N)c1ccc2c3cccc4cccc(c5cccc1c52)c43. The molecular formula is C22H15N. The van der Waals surface area contributed by atoms with Gasteiger partial charge in [0.25, 0.3) is 0 Å². The maximum absolute atomic E-state index is 6.02. The van der Waals surface area contributed by atoms with Crippen LogP contribution in [0.2, 0.25) is 0 Å². The maximum atomic E-state index is 6.02. The number of nitrogens with two attached hydrogens (primary N) is 1. The van der Waals surface area contributed by atoms with Gasteiger partial charge < -0.3 is 5.73 Å². The maximum Gasteiger partial charge on any atom is 0.0320 e. The van der Waals surface area contributed by atoms with Gasteiger partial charge in [0.1, 0.15) is 0 Å². The van der Waals surface area contributed by atoms with Crippen molar-refractivity contribution in [2.75, 3.05) is 0 Å². The van der Waals surface area contributed by atoms with Gasteiger partial charge in [-0.1, -0.05) is 73.3 Å². The Bertz CT molecular complexity index is 1180. The molecular weight excluding hydrogens is 278 g/mol. The van der Waals surface area contributed by atoms with Crippen LogP contribution in [0.1, 0.15) is 5.56 Å². The normalized spacial score (nSPS) is 11.8. The molecule has 1 heteroatoms. The van der Waals surface area contributed by atoms with Crippen molar-refractivity contribution in [3.05, 3.63) is 78.9 Å². The van der Waals surface area contributed by atoms with Crippen LogP contribution in [0, 0.1) is 0 Å². The quantitative estimate of drug-likeness (QED) is 0.313. The fourth-order valence-corrected chi connectivity index (χ4v) is 3.93. The highest BCUT2D eigenvalue weighted by Crippen LogP contribution is 2.41. The predicted octanol–water partition coefficient (Wildman–Crippen LogP) is 5.67. The Labute approximate surface area is 134 Å². The van der Waals surface area contributed by atoms with Crippen LogP contribution in [-0.4, -0.2) is 0 Å². The second kappa shape index (κ2) is 4.23. The van der Waals surface area contributed by atoms with E-state index in [-0.39, 0.29) is 0 Å². The van der Waals surface area contributed by atoms with Crippen LogP contribution in [-0.2, 0) is 0 Å². The molecule has 108 valence electrons. The fraction of sp³-hybridized carbons (Fsp3) is 0. The minimum absolute atomic E-state index is 0.616. The number of hydrogen-bond acceptors (Lipinski definition) is 1. The lowest BCUT2D eigenvalue weighted by Crippen LogP contribution is -1.96. The van der Waals surface area contributed by atoms with Crippen LogP contribution < -0.4 is 5.73 Å². The molecule has 1 nitrogen and oxygen atoms in total. The lowest BCUT2D eigenvalue weighted by atomic mass is 9.88. The molecule has 2 N–H and O–H groups in total. The number of hydrogen-bond donors (Lipinski definition) is 1. The van der Waals surface area contributed by atoms with Crippen LogP contribution in [0.5, 0.6) is 0 Å². The molecule has 0 amide bonds. The van der Waals surface area contributed by atoms with Crippen molar-refractivity contribution in [3.63, 3.8) is 0 Å². The zero-order valence-corrected chi connectivity index (χ0v) is 12.6. The van der Waals surface area contributed by atoms with E-state index in [9.17, 15) is 0 Å². The molecule has 0 unspecified atom stereocenters. The van der Waals surface area contributed by atoms with Gasteiger partial charge in [0.15, 0.2) is 0 Å². The monoisotopic (exact) mass is 293 g/mol. The highest BCUT2D eigenvalue weighted by molar-refractivity contribution is 6.33. The van der Waals surface area contributed by atoms with Gasteiger partial charge in [0.05, 0.1) is 0 Å². The second-order valence-corrected chi connectivity index (χ2v) is 6.12. The molecule has 0 aliphatic rings. The number of rotatable bonds is 1. The van der Waals surface area contributed by atoms with Crippen LogP contribution >= 0.6 is 0 Å². The average molecular weight is 293 g/mol. The van der Waals surface area contributed by atoms with Gasteiger partial charge in [-0.15, -0.1) is 0 Å². The Morgan fingerprint density at radius 1 is 0.609 bits per heavy atom. The van der Waals surface area contributed by atoms with Crippen LogP contribution in [0.4, 0.5) is 0 Å². The Kier molecular flexibility index (Phi) is 2.30. The van der Waals surface area contributed by atoms with E-state index in [1.54, 1.807) is 0 Å². The third-order valence-electron chi connectivity index (χ3n) is 4.87. The molecule has 0 radical (unpaired) electrons. The lowest BCUT2D eigenvalue weighted by Gasteiger charge is -2.16. The smallest absolute Gasteiger partial charge is 0.0320 e. The molecule has 0 aliphatic carbocycles. The summed E-state index contributed by atoms with van der Waals surface area (Å²) in [5.41, 5.74) is 7.66. The molecule has 0 heterocycles. The van der Waals surface area contributed by atoms with Gasteiger partial charge in [0.2, 0.25) is 0 Å². The lowest BCUT2D eigenvalue weighted by molar-refractivity contribution is 1.59. The van der Waals surface area contributed by atoms with Crippen molar-refractivity contribution >= 4 is 48.8 Å².